The van der Waals surface area contributed by atoms with Gasteiger partial charge in [0.1, 0.15) is 0 Å². The molecule has 0 saturated carbocycles. The summed E-state index contributed by atoms with van der Waals surface area (Å²) in [6.45, 7) is 2.15. The van der Waals surface area contributed by atoms with Gasteiger partial charge in [0.25, 0.3) is 0 Å². The molecular weight excluding hydrogens is 204 g/mol. The minimum Gasteiger partial charge on any atom is -0.465 e. The van der Waals surface area contributed by atoms with Crippen LogP contribution in [-0.2, 0) is 0 Å². The Morgan fingerprint density at radius 1 is 1.44 bits per heavy atom. The van der Waals surface area contributed by atoms with Gasteiger partial charge in [0, 0.05) is 23.7 Å². The fourth-order valence-corrected chi connectivity index (χ4v) is 1.25. The van der Waals surface area contributed by atoms with Crippen LogP contribution in [0.5, 0.6) is 0 Å². The lowest BCUT2D eigenvalue weighted by molar-refractivity contribution is 0.202. The van der Waals surface area contributed by atoms with Gasteiger partial charge in [-0.15, -0.1) is 0 Å². The molecule has 0 aromatic heterocycles. The molecule has 0 aliphatic carbocycles. The van der Waals surface area contributed by atoms with Crippen LogP contribution in [0.2, 0.25) is 0 Å². The first-order valence-corrected chi connectivity index (χ1v) is 4.69. The Balaban J connectivity index is 2.94. The van der Waals surface area contributed by atoms with Crippen LogP contribution in [0.4, 0.5) is 10.5 Å². The van der Waals surface area contributed by atoms with E-state index in [9.17, 15) is 4.79 Å². The number of hydrogen-bond donors (Lipinski definition) is 1. The van der Waals surface area contributed by atoms with Gasteiger partial charge in [-0.05, 0) is 31.2 Å². The second-order valence-electron chi connectivity index (χ2n) is 2.94. The zero-order chi connectivity index (χ0) is 12.0. The van der Waals surface area contributed by atoms with E-state index < -0.39 is 6.09 Å². The van der Waals surface area contributed by atoms with Gasteiger partial charge in [-0.2, -0.15) is 5.26 Å². The van der Waals surface area contributed by atoms with Gasteiger partial charge in [-0.1, -0.05) is 5.92 Å². The first-order valence-electron chi connectivity index (χ1n) is 4.69. The maximum absolute atomic E-state index is 10.8. The molecule has 0 heterocycles. The Morgan fingerprint density at radius 2 is 2.06 bits per heavy atom. The number of carbonyl (C=O) groups is 1. The molecule has 80 valence electrons. The minimum absolute atomic E-state index is 0.387. The van der Waals surface area contributed by atoms with Crippen molar-refractivity contribution in [3.63, 3.8) is 0 Å². The molecule has 0 atom stereocenters. The topological polar surface area (TPSA) is 64.3 Å². The summed E-state index contributed by atoms with van der Waals surface area (Å²) < 4.78 is 0. The Kier molecular flexibility index (Phi) is 3.94. The van der Waals surface area contributed by atoms with E-state index in [1.807, 2.05) is 0 Å². The van der Waals surface area contributed by atoms with Crippen molar-refractivity contribution in [3.05, 3.63) is 29.8 Å². The summed E-state index contributed by atoms with van der Waals surface area (Å²) in [5, 5.41) is 17.2. The maximum Gasteiger partial charge on any atom is 0.411 e. The van der Waals surface area contributed by atoms with Crippen molar-refractivity contribution in [1.82, 2.24) is 0 Å². The average molecular weight is 214 g/mol. The second kappa shape index (κ2) is 5.43. The van der Waals surface area contributed by atoms with E-state index in [4.69, 9.17) is 10.4 Å². The van der Waals surface area contributed by atoms with E-state index in [-0.39, 0.29) is 0 Å². The molecule has 0 saturated heterocycles. The Morgan fingerprint density at radius 3 is 2.50 bits per heavy atom. The van der Waals surface area contributed by atoms with Gasteiger partial charge in [-0.3, -0.25) is 4.90 Å². The zero-order valence-electron chi connectivity index (χ0n) is 8.77. The largest absolute Gasteiger partial charge is 0.465 e. The highest BCUT2D eigenvalue weighted by molar-refractivity contribution is 5.85. The monoisotopic (exact) mass is 214 g/mol. The standard InChI is InChI=1S/C12H10N2O2/c1-2-14(12(15)16)11-7-5-10(6-8-11)4-3-9-13/h5-8H,2H2,1H3,(H,15,16). The van der Waals surface area contributed by atoms with Crippen LogP contribution in [0.1, 0.15) is 12.5 Å². The van der Waals surface area contributed by atoms with Crippen molar-refractivity contribution in [2.75, 3.05) is 11.4 Å². The SMILES string of the molecule is CCN(C(=O)O)c1ccc(C#CC#N)cc1. The fraction of sp³-hybridized carbons (Fsp3) is 0.167. The molecule has 0 spiro atoms. The van der Waals surface area contributed by atoms with Crippen LogP contribution in [0.15, 0.2) is 24.3 Å². The molecule has 0 unspecified atom stereocenters. The summed E-state index contributed by atoms with van der Waals surface area (Å²) in [7, 11) is 0. The van der Waals surface area contributed by atoms with Crippen molar-refractivity contribution in [3.8, 4) is 17.9 Å². The molecule has 0 aliphatic rings. The van der Waals surface area contributed by atoms with Crippen LogP contribution in [0, 0.1) is 23.2 Å². The number of nitriles is 1. The predicted molar refractivity (Wildman–Crippen MR) is 60.0 cm³/mol. The highest BCUT2D eigenvalue weighted by Crippen LogP contribution is 2.14. The molecule has 1 N–H and O–H groups in total. The molecule has 1 aromatic carbocycles. The third-order valence-electron chi connectivity index (χ3n) is 1.99. The lowest BCUT2D eigenvalue weighted by Gasteiger charge is -2.16. The normalized spacial score (nSPS) is 8.50. The highest BCUT2D eigenvalue weighted by atomic mass is 16.4. The smallest absolute Gasteiger partial charge is 0.411 e. The third kappa shape index (κ3) is 2.76. The van der Waals surface area contributed by atoms with Crippen LogP contribution < -0.4 is 4.90 Å². The van der Waals surface area contributed by atoms with Gasteiger partial charge in [0.15, 0.2) is 6.07 Å². The first-order chi connectivity index (χ1) is 7.69. The molecule has 0 radical (unpaired) electrons. The number of amides is 1. The third-order valence-corrected chi connectivity index (χ3v) is 1.99. The lowest BCUT2D eigenvalue weighted by atomic mass is 10.2. The zero-order valence-corrected chi connectivity index (χ0v) is 8.77. The molecule has 1 rings (SSSR count). The van der Waals surface area contributed by atoms with Gasteiger partial charge >= 0.3 is 6.09 Å². The van der Waals surface area contributed by atoms with Crippen molar-refractivity contribution < 1.29 is 9.90 Å². The molecular formula is C12H10N2O2. The Bertz CT molecular complexity index is 474. The summed E-state index contributed by atoms with van der Waals surface area (Å²) >= 11 is 0. The van der Waals surface area contributed by atoms with Crippen LogP contribution in [0.25, 0.3) is 0 Å². The number of hydrogen-bond acceptors (Lipinski definition) is 2. The van der Waals surface area contributed by atoms with Crippen molar-refractivity contribution in [1.29, 1.82) is 5.26 Å². The van der Waals surface area contributed by atoms with E-state index in [0.29, 0.717) is 17.8 Å². The van der Waals surface area contributed by atoms with E-state index in [2.05, 4.69) is 11.8 Å². The molecule has 0 fully saturated rings. The van der Waals surface area contributed by atoms with Gasteiger partial charge in [-0.25, -0.2) is 4.79 Å². The predicted octanol–water partition coefficient (Wildman–Crippen LogP) is 2.07. The Labute approximate surface area is 93.7 Å². The number of nitrogens with zero attached hydrogens (tertiary/aromatic N) is 2. The van der Waals surface area contributed by atoms with Crippen molar-refractivity contribution >= 4 is 11.8 Å². The first kappa shape index (κ1) is 11.6. The molecule has 1 aromatic rings. The lowest BCUT2D eigenvalue weighted by Crippen LogP contribution is -2.28. The van der Waals surface area contributed by atoms with Gasteiger partial charge in [0.05, 0.1) is 0 Å². The average Bonchev–Trinajstić information content (AvgIpc) is 2.28. The van der Waals surface area contributed by atoms with Crippen LogP contribution >= 0.6 is 0 Å². The van der Waals surface area contributed by atoms with E-state index in [1.165, 1.54) is 4.90 Å². The molecule has 16 heavy (non-hydrogen) atoms. The molecule has 1 amide bonds. The number of rotatable bonds is 2. The molecule has 4 heteroatoms. The number of benzene rings is 1. The highest BCUT2D eigenvalue weighted by Gasteiger charge is 2.10. The van der Waals surface area contributed by atoms with Crippen LogP contribution in [0.3, 0.4) is 0 Å². The summed E-state index contributed by atoms with van der Waals surface area (Å²) in [6, 6.07) is 8.42. The summed E-state index contributed by atoms with van der Waals surface area (Å²) in [4.78, 5) is 12.1. The number of carboxylic acid groups (broad SMARTS) is 1. The maximum atomic E-state index is 10.8. The van der Waals surface area contributed by atoms with Crippen molar-refractivity contribution in [2.24, 2.45) is 0 Å². The summed E-state index contributed by atoms with van der Waals surface area (Å²) in [5.41, 5.74) is 1.28. The second-order valence-corrected chi connectivity index (χ2v) is 2.94. The van der Waals surface area contributed by atoms with E-state index in [0.717, 1.165) is 0 Å². The summed E-state index contributed by atoms with van der Waals surface area (Å²) in [5.74, 6) is 4.91. The van der Waals surface area contributed by atoms with E-state index >= 15 is 0 Å². The summed E-state index contributed by atoms with van der Waals surface area (Å²) in [6.07, 6.45) is -0.988. The quantitative estimate of drug-likeness (QED) is 0.766. The molecule has 4 nitrogen and oxygen atoms in total. The minimum atomic E-state index is -0.988. The van der Waals surface area contributed by atoms with Gasteiger partial charge < -0.3 is 5.11 Å². The number of anilines is 1. The van der Waals surface area contributed by atoms with Crippen LogP contribution in [-0.4, -0.2) is 17.7 Å². The van der Waals surface area contributed by atoms with Crippen molar-refractivity contribution in [2.45, 2.75) is 6.92 Å². The molecule has 0 bridgehead atoms. The fourth-order valence-electron chi connectivity index (χ4n) is 1.25. The molecule has 0 aliphatic heterocycles. The van der Waals surface area contributed by atoms with Gasteiger partial charge in [0.2, 0.25) is 0 Å². The van der Waals surface area contributed by atoms with E-state index in [1.54, 1.807) is 37.3 Å². The Hall–Kier alpha value is -2.46.